The fourth-order valence-corrected chi connectivity index (χ4v) is 3.00. The monoisotopic (exact) mass is 395 g/mol. The van der Waals surface area contributed by atoms with Crippen LogP contribution in [0.3, 0.4) is 0 Å². The van der Waals surface area contributed by atoms with Gasteiger partial charge in [-0.05, 0) is 18.2 Å². The quantitative estimate of drug-likeness (QED) is 0.559. The highest BCUT2D eigenvalue weighted by atomic mass is 19.1. The first-order chi connectivity index (χ1) is 14.0. The molecule has 29 heavy (non-hydrogen) atoms. The van der Waals surface area contributed by atoms with Crippen LogP contribution in [-0.4, -0.2) is 33.6 Å². The lowest BCUT2D eigenvalue weighted by atomic mass is 10.2. The molecule has 2 aromatic carbocycles. The minimum Gasteiger partial charge on any atom is -0.497 e. The van der Waals surface area contributed by atoms with Crippen molar-refractivity contribution < 1.29 is 13.9 Å². The molecule has 8 nitrogen and oxygen atoms in total. The molecule has 148 valence electrons. The van der Waals surface area contributed by atoms with Crippen LogP contribution in [-0.2, 0) is 7.05 Å². The zero-order valence-electron chi connectivity index (χ0n) is 16.0. The fraction of sp³-hybridized carbons (Fsp3) is 0.150. The highest BCUT2D eigenvalue weighted by Crippen LogP contribution is 2.32. The molecule has 0 unspecified atom stereocenters. The molecule has 0 aliphatic carbocycles. The zero-order chi connectivity index (χ0) is 20.5. The number of nitrogens with zero attached hydrogens (tertiary/aromatic N) is 4. The molecule has 0 saturated heterocycles. The number of anilines is 2. The fourth-order valence-electron chi connectivity index (χ4n) is 3.00. The van der Waals surface area contributed by atoms with Gasteiger partial charge in [-0.3, -0.25) is 14.0 Å². The van der Waals surface area contributed by atoms with Gasteiger partial charge in [0, 0.05) is 31.1 Å². The molecule has 1 N–H and O–H groups in total. The number of halogens is 1. The van der Waals surface area contributed by atoms with Crippen molar-refractivity contribution >= 4 is 22.3 Å². The summed E-state index contributed by atoms with van der Waals surface area (Å²) in [6.45, 7) is 0. The van der Waals surface area contributed by atoms with Crippen molar-refractivity contribution in [3.05, 3.63) is 65.2 Å². The van der Waals surface area contributed by atoms with Gasteiger partial charge in [0.15, 0.2) is 11.6 Å². The Morgan fingerprint density at radius 3 is 2.66 bits per heavy atom. The topological polar surface area (TPSA) is 83.2 Å². The predicted octanol–water partition coefficient (Wildman–Crippen LogP) is 3.02. The van der Waals surface area contributed by atoms with E-state index in [9.17, 15) is 9.18 Å². The normalized spacial score (nSPS) is 10.9. The zero-order valence-corrected chi connectivity index (χ0v) is 16.0. The lowest BCUT2D eigenvalue weighted by Crippen LogP contribution is -2.18. The van der Waals surface area contributed by atoms with Crippen LogP contribution in [0.1, 0.15) is 0 Å². The number of aromatic nitrogens is 4. The lowest BCUT2D eigenvalue weighted by Gasteiger charge is -2.13. The summed E-state index contributed by atoms with van der Waals surface area (Å²) in [5, 5.41) is 7.44. The maximum absolute atomic E-state index is 14.6. The van der Waals surface area contributed by atoms with E-state index in [-0.39, 0.29) is 17.0 Å². The van der Waals surface area contributed by atoms with Gasteiger partial charge in [0.05, 0.1) is 42.7 Å². The van der Waals surface area contributed by atoms with E-state index in [0.29, 0.717) is 28.0 Å². The molecular weight excluding hydrogens is 377 g/mol. The molecule has 0 aliphatic heterocycles. The highest BCUT2D eigenvalue weighted by Gasteiger charge is 2.14. The van der Waals surface area contributed by atoms with Crippen molar-refractivity contribution in [3.63, 3.8) is 0 Å². The lowest BCUT2D eigenvalue weighted by molar-refractivity contribution is 0.375. The summed E-state index contributed by atoms with van der Waals surface area (Å²) in [5.74, 6) is -0.0762. The van der Waals surface area contributed by atoms with Crippen molar-refractivity contribution in [2.75, 3.05) is 19.5 Å². The molecule has 4 aromatic rings. The molecule has 2 aromatic heterocycles. The Bertz CT molecular complexity index is 1260. The van der Waals surface area contributed by atoms with Crippen LogP contribution in [0.5, 0.6) is 11.5 Å². The number of nitrogens with one attached hydrogen (secondary N) is 1. The van der Waals surface area contributed by atoms with Gasteiger partial charge in [-0.15, -0.1) is 0 Å². The Kier molecular flexibility index (Phi) is 4.63. The molecule has 0 radical (unpaired) electrons. The van der Waals surface area contributed by atoms with Crippen molar-refractivity contribution in [1.82, 2.24) is 19.3 Å². The standard InChI is InChI=1S/C20H18FN5O3/c1-25-10-13(9-23-25)26-11-22-16-5-4-12(6-15(16)20(26)27)24-17-7-14(28-2)8-18(29-3)19(17)21/h4-11,24H,1-3H3. The second-order valence-electron chi connectivity index (χ2n) is 6.34. The van der Waals surface area contributed by atoms with Gasteiger partial charge in [-0.2, -0.15) is 5.10 Å². The van der Waals surface area contributed by atoms with Gasteiger partial charge >= 0.3 is 0 Å². The summed E-state index contributed by atoms with van der Waals surface area (Å²) in [6, 6.07) is 8.01. The Hall–Kier alpha value is -3.88. The predicted molar refractivity (Wildman–Crippen MR) is 107 cm³/mol. The van der Waals surface area contributed by atoms with Gasteiger partial charge in [-0.25, -0.2) is 9.37 Å². The van der Waals surface area contributed by atoms with Crippen LogP contribution in [0.2, 0.25) is 0 Å². The van der Waals surface area contributed by atoms with Crippen LogP contribution in [0.15, 0.2) is 53.8 Å². The van der Waals surface area contributed by atoms with Crippen LogP contribution in [0.25, 0.3) is 16.6 Å². The summed E-state index contributed by atoms with van der Waals surface area (Å²) < 4.78 is 27.9. The van der Waals surface area contributed by atoms with Gasteiger partial charge in [0.25, 0.3) is 5.56 Å². The molecule has 0 fully saturated rings. The average molecular weight is 395 g/mol. The van der Waals surface area contributed by atoms with Gasteiger partial charge in [-0.1, -0.05) is 0 Å². The summed E-state index contributed by atoms with van der Waals surface area (Å²) in [5.41, 5.74) is 1.57. The van der Waals surface area contributed by atoms with E-state index in [1.165, 1.54) is 37.2 Å². The van der Waals surface area contributed by atoms with E-state index in [0.717, 1.165) is 0 Å². The Balaban J connectivity index is 1.78. The Labute approximate surface area is 165 Å². The van der Waals surface area contributed by atoms with Gasteiger partial charge < -0.3 is 14.8 Å². The molecule has 2 heterocycles. The van der Waals surface area contributed by atoms with E-state index >= 15 is 0 Å². The number of fused-ring (bicyclic) bond motifs is 1. The van der Waals surface area contributed by atoms with Crippen molar-refractivity contribution in [2.24, 2.45) is 7.05 Å². The van der Waals surface area contributed by atoms with Crippen LogP contribution in [0.4, 0.5) is 15.8 Å². The number of methoxy groups -OCH3 is 2. The number of rotatable bonds is 5. The Morgan fingerprint density at radius 1 is 1.14 bits per heavy atom. The van der Waals surface area contributed by atoms with Crippen molar-refractivity contribution in [1.29, 1.82) is 0 Å². The number of benzene rings is 2. The van der Waals surface area contributed by atoms with Crippen LogP contribution in [0, 0.1) is 5.82 Å². The molecule has 0 bridgehead atoms. The molecule has 4 rings (SSSR count). The summed E-state index contributed by atoms with van der Waals surface area (Å²) in [7, 11) is 4.63. The van der Waals surface area contributed by atoms with Gasteiger partial charge in [0.1, 0.15) is 12.1 Å². The third-order valence-corrected chi connectivity index (χ3v) is 4.47. The second-order valence-corrected chi connectivity index (χ2v) is 6.34. The van der Waals surface area contributed by atoms with Gasteiger partial charge in [0.2, 0.25) is 0 Å². The van der Waals surface area contributed by atoms with E-state index in [4.69, 9.17) is 9.47 Å². The first-order valence-electron chi connectivity index (χ1n) is 8.69. The van der Waals surface area contributed by atoms with E-state index in [1.54, 1.807) is 42.3 Å². The Morgan fingerprint density at radius 2 is 1.97 bits per heavy atom. The first-order valence-corrected chi connectivity index (χ1v) is 8.69. The SMILES string of the molecule is COc1cc(Nc2ccc3ncn(-c4cnn(C)c4)c(=O)c3c2)c(F)c(OC)c1. The van der Waals surface area contributed by atoms with E-state index in [1.807, 2.05) is 0 Å². The third-order valence-electron chi connectivity index (χ3n) is 4.47. The minimum atomic E-state index is -0.563. The summed E-state index contributed by atoms with van der Waals surface area (Å²) in [4.78, 5) is 17.3. The first kappa shape index (κ1) is 18.5. The third kappa shape index (κ3) is 3.38. The van der Waals surface area contributed by atoms with Crippen molar-refractivity contribution in [3.8, 4) is 17.2 Å². The molecule has 0 aliphatic rings. The number of ether oxygens (including phenoxy) is 2. The second kappa shape index (κ2) is 7.27. The molecule has 0 saturated carbocycles. The number of hydrogen-bond donors (Lipinski definition) is 1. The summed E-state index contributed by atoms with van der Waals surface area (Å²) in [6.07, 6.45) is 4.76. The number of hydrogen-bond acceptors (Lipinski definition) is 6. The summed E-state index contributed by atoms with van der Waals surface area (Å²) >= 11 is 0. The van der Waals surface area contributed by atoms with Crippen LogP contribution < -0.4 is 20.3 Å². The minimum absolute atomic E-state index is 0.0493. The molecule has 0 spiro atoms. The number of aryl methyl sites for hydroxylation is 1. The van der Waals surface area contributed by atoms with E-state index < -0.39 is 5.82 Å². The molecule has 0 amide bonds. The molecular formula is C20H18FN5O3. The maximum Gasteiger partial charge on any atom is 0.265 e. The van der Waals surface area contributed by atoms with Crippen molar-refractivity contribution in [2.45, 2.75) is 0 Å². The maximum atomic E-state index is 14.6. The highest BCUT2D eigenvalue weighted by molar-refractivity contribution is 5.83. The van der Waals surface area contributed by atoms with Crippen LogP contribution >= 0.6 is 0 Å². The smallest absolute Gasteiger partial charge is 0.265 e. The molecule has 9 heteroatoms. The van der Waals surface area contributed by atoms with E-state index in [2.05, 4.69) is 15.4 Å². The average Bonchev–Trinajstić information content (AvgIpc) is 3.16. The largest absolute Gasteiger partial charge is 0.497 e. The molecule has 0 atom stereocenters.